The van der Waals surface area contributed by atoms with Gasteiger partial charge in [-0.25, -0.2) is 21.1 Å². The Bertz CT molecular complexity index is 361. The van der Waals surface area contributed by atoms with Crippen LogP contribution in [0.5, 0.6) is 0 Å². The molecule has 0 saturated heterocycles. The number of nitrogens with zero attached hydrogens (tertiary/aromatic N) is 1. The second-order valence-corrected chi connectivity index (χ2v) is 7.69. The molecule has 0 aliphatic carbocycles. The molecule has 0 aromatic heterocycles. The zero-order valence-electron chi connectivity index (χ0n) is 8.10. The molecule has 0 heterocycles. The van der Waals surface area contributed by atoms with Crippen molar-refractivity contribution < 1.29 is 16.8 Å². The summed E-state index contributed by atoms with van der Waals surface area (Å²) >= 11 is 5.40. The van der Waals surface area contributed by atoms with Gasteiger partial charge in [0, 0.05) is 25.2 Å². The third-order valence-electron chi connectivity index (χ3n) is 1.44. The molecule has 0 aromatic rings. The van der Waals surface area contributed by atoms with Crippen LogP contribution in [0.1, 0.15) is 6.92 Å². The van der Waals surface area contributed by atoms with Crippen molar-refractivity contribution in [2.45, 2.75) is 6.92 Å². The molecule has 0 aromatic carbocycles. The molecule has 0 spiro atoms. The summed E-state index contributed by atoms with van der Waals surface area (Å²) in [5.41, 5.74) is 0. The summed E-state index contributed by atoms with van der Waals surface area (Å²) in [4.78, 5) is 0. The standard InChI is InChI=1S/C6H14ClNO4S2/c1-3-8(5-4-7)14(11,12)6-13(2,9)10/h3-6H2,1-2H3. The maximum atomic E-state index is 11.5. The SMILES string of the molecule is CCN(CCCl)S(=O)(=O)CS(C)(=O)=O. The molecule has 14 heavy (non-hydrogen) atoms. The molecule has 86 valence electrons. The first kappa shape index (κ1) is 14.2. The van der Waals surface area contributed by atoms with Gasteiger partial charge in [0.25, 0.3) is 0 Å². The average molecular weight is 264 g/mol. The molecule has 0 amide bonds. The van der Waals surface area contributed by atoms with Crippen LogP contribution in [-0.4, -0.2) is 51.5 Å². The van der Waals surface area contributed by atoms with E-state index in [1.165, 1.54) is 0 Å². The highest BCUT2D eigenvalue weighted by molar-refractivity contribution is 8.06. The van der Waals surface area contributed by atoms with Crippen LogP contribution in [0.2, 0.25) is 0 Å². The van der Waals surface area contributed by atoms with Crippen molar-refractivity contribution in [3.8, 4) is 0 Å². The molecule has 0 radical (unpaired) electrons. The lowest BCUT2D eigenvalue weighted by Gasteiger charge is -2.18. The van der Waals surface area contributed by atoms with Gasteiger partial charge < -0.3 is 0 Å². The van der Waals surface area contributed by atoms with Crippen LogP contribution >= 0.6 is 11.6 Å². The van der Waals surface area contributed by atoms with Crippen molar-refractivity contribution in [1.82, 2.24) is 4.31 Å². The van der Waals surface area contributed by atoms with Gasteiger partial charge in [0.2, 0.25) is 10.0 Å². The second kappa shape index (κ2) is 5.29. The highest BCUT2D eigenvalue weighted by atomic mass is 35.5. The highest BCUT2D eigenvalue weighted by Gasteiger charge is 2.24. The summed E-state index contributed by atoms with van der Waals surface area (Å²) < 4.78 is 45.6. The fourth-order valence-electron chi connectivity index (χ4n) is 0.933. The van der Waals surface area contributed by atoms with Crippen LogP contribution in [-0.2, 0) is 19.9 Å². The Morgan fingerprint density at radius 3 is 2.00 bits per heavy atom. The minimum absolute atomic E-state index is 0.135. The van der Waals surface area contributed by atoms with E-state index in [4.69, 9.17) is 11.6 Å². The first-order chi connectivity index (χ1) is 6.23. The van der Waals surface area contributed by atoms with Crippen molar-refractivity contribution in [2.24, 2.45) is 0 Å². The summed E-state index contributed by atoms with van der Waals surface area (Å²) in [6, 6.07) is 0. The van der Waals surface area contributed by atoms with Crippen LogP contribution in [0, 0.1) is 0 Å². The molecule has 0 N–H and O–H groups in total. The van der Waals surface area contributed by atoms with E-state index in [0.717, 1.165) is 10.6 Å². The molecule has 0 fully saturated rings. The molecule has 0 aliphatic rings. The van der Waals surface area contributed by atoms with Crippen molar-refractivity contribution in [3.63, 3.8) is 0 Å². The fourth-order valence-corrected chi connectivity index (χ4v) is 4.76. The van der Waals surface area contributed by atoms with Gasteiger partial charge in [0.05, 0.1) is 0 Å². The summed E-state index contributed by atoms with van der Waals surface area (Å²) in [5, 5.41) is -0.856. The summed E-state index contributed by atoms with van der Waals surface area (Å²) in [5.74, 6) is 0.150. The Morgan fingerprint density at radius 2 is 1.71 bits per heavy atom. The van der Waals surface area contributed by atoms with E-state index in [0.29, 0.717) is 0 Å². The molecular formula is C6H14ClNO4S2. The third-order valence-corrected chi connectivity index (χ3v) is 5.74. The Balaban J connectivity index is 4.76. The Kier molecular flexibility index (Phi) is 5.35. The Morgan fingerprint density at radius 1 is 1.21 bits per heavy atom. The number of sulfonamides is 1. The molecule has 0 bridgehead atoms. The minimum atomic E-state index is -3.73. The normalized spacial score (nSPS) is 13.4. The summed E-state index contributed by atoms with van der Waals surface area (Å²) in [6.07, 6.45) is 0.888. The topological polar surface area (TPSA) is 71.5 Å². The van der Waals surface area contributed by atoms with Crippen LogP contribution in [0.3, 0.4) is 0 Å². The molecule has 0 aliphatic heterocycles. The van der Waals surface area contributed by atoms with E-state index in [1.807, 2.05) is 0 Å². The first-order valence-electron chi connectivity index (χ1n) is 3.94. The molecule has 0 rings (SSSR count). The summed E-state index contributed by atoms with van der Waals surface area (Å²) in [6.45, 7) is 1.99. The van der Waals surface area contributed by atoms with Gasteiger partial charge in [-0.15, -0.1) is 11.6 Å². The van der Waals surface area contributed by atoms with E-state index in [-0.39, 0.29) is 19.0 Å². The fraction of sp³-hybridized carbons (Fsp3) is 1.00. The van der Waals surface area contributed by atoms with Gasteiger partial charge in [-0.2, -0.15) is 0 Å². The minimum Gasteiger partial charge on any atom is -0.228 e. The van der Waals surface area contributed by atoms with Crippen LogP contribution in [0.4, 0.5) is 0 Å². The molecule has 0 atom stereocenters. The van der Waals surface area contributed by atoms with Crippen molar-refractivity contribution in [3.05, 3.63) is 0 Å². The number of hydrogen-bond donors (Lipinski definition) is 0. The van der Waals surface area contributed by atoms with E-state index < -0.39 is 24.9 Å². The van der Waals surface area contributed by atoms with Crippen LogP contribution in [0.15, 0.2) is 0 Å². The number of halogens is 1. The molecule has 0 saturated carbocycles. The molecule has 5 nitrogen and oxygen atoms in total. The zero-order chi connectivity index (χ0) is 11.4. The molecular weight excluding hydrogens is 250 g/mol. The lowest BCUT2D eigenvalue weighted by atomic mass is 10.7. The van der Waals surface area contributed by atoms with Crippen molar-refractivity contribution in [2.75, 3.05) is 30.3 Å². The smallest absolute Gasteiger partial charge is 0.228 e. The quantitative estimate of drug-likeness (QED) is 0.627. The Hall–Kier alpha value is 0.150. The van der Waals surface area contributed by atoms with E-state index in [1.54, 1.807) is 6.92 Å². The molecule has 8 heteroatoms. The van der Waals surface area contributed by atoms with Gasteiger partial charge in [0.1, 0.15) is 0 Å². The zero-order valence-corrected chi connectivity index (χ0v) is 10.5. The van der Waals surface area contributed by atoms with Crippen molar-refractivity contribution >= 4 is 31.5 Å². The lowest BCUT2D eigenvalue weighted by molar-refractivity contribution is 0.450. The van der Waals surface area contributed by atoms with Crippen molar-refractivity contribution in [1.29, 1.82) is 0 Å². The monoisotopic (exact) mass is 263 g/mol. The number of alkyl halides is 1. The largest absolute Gasteiger partial charge is 0.228 e. The van der Waals surface area contributed by atoms with E-state index in [9.17, 15) is 16.8 Å². The maximum absolute atomic E-state index is 11.5. The second-order valence-electron chi connectivity index (χ2n) is 2.84. The van der Waals surface area contributed by atoms with E-state index >= 15 is 0 Å². The number of rotatable bonds is 6. The first-order valence-corrected chi connectivity index (χ1v) is 8.15. The van der Waals surface area contributed by atoms with Crippen LogP contribution in [0.25, 0.3) is 0 Å². The highest BCUT2D eigenvalue weighted by Crippen LogP contribution is 2.04. The van der Waals surface area contributed by atoms with Crippen LogP contribution < -0.4 is 0 Å². The van der Waals surface area contributed by atoms with Gasteiger partial charge in [-0.3, -0.25) is 0 Å². The number of hydrogen-bond acceptors (Lipinski definition) is 4. The third kappa shape index (κ3) is 5.14. The molecule has 0 unspecified atom stereocenters. The maximum Gasteiger partial charge on any atom is 0.228 e. The predicted molar refractivity (Wildman–Crippen MR) is 56.6 cm³/mol. The number of sulfone groups is 1. The van der Waals surface area contributed by atoms with Gasteiger partial charge in [0.15, 0.2) is 14.9 Å². The predicted octanol–water partition coefficient (Wildman–Crippen LogP) is -0.121. The average Bonchev–Trinajstić information content (AvgIpc) is 1.94. The van der Waals surface area contributed by atoms with Gasteiger partial charge in [-0.1, -0.05) is 6.92 Å². The van der Waals surface area contributed by atoms with Gasteiger partial charge >= 0.3 is 0 Å². The Labute approximate surface area is 90.0 Å². The summed E-state index contributed by atoms with van der Waals surface area (Å²) in [7, 11) is -7.26. The van der Waals surface area contributed by atoms with Gasteiger partial charge in [-0.05, 0) is 0 Å². The van der Waals surface area contributed by atoms with E-state index in [2.05, 4.69) is 0 Å². The lowest BCUT2D eigenvalue weighted by Crippen LogP contribution is -2.36.